The van der Waals surface area contributed by atoms with Crippen LogP contribution in [0.1, 0.15) is 13.8 Å². The standard InChI is InChI=1S/C10H12N4/c1-3-14(4-2)8-6-5-7-9(8)10(7)12-13-11/h5-6H,3-4H2,1-2H3. The summed E-state index contributed by atoms with van der Waals surface area (Å²) in [5, 5.41) is 3.65. The monoisotopic (exact) mass is 188 g/mol. The molecule has 14 heavy (non-hydrogen) atoms. The van der Waals surface area contributed by atoms with Gasteiger partial charge in [0, 0.05) is 29.3 Å². The molecule has 0 aromatic carbocycles. The highest BCUT2D eigenvalue weighted by Gasteiger charge is 2.28. The van der Waals surface area contributed by atoms with Crippen molar-refractivity contribution in [3.05, 3.63) is 22.6 Å². The van der Waals surface area contributed by atoms with Crippen LogP contribution in [0.4, 0.5) is 11.4 Å². The minimum absolute atomic E-state index is 0.830. The van der Waals surface area contributed by atoms with Crippen molar-refractivity contribution >= 4 is 11.4 Å². The smallest absolute Gasteiger partial charge is 0.0553 e. The van der Waals surface area contributed by atoms with E-state index in [-0.39, 0.29) is 0 Å². The van der Waals surface area contributed by atoms with Gasteiger partial charge in [-0.05, 0) is 31.0 Å². The lowest BCUT2D eigenvalue weighted by Crippen LogP contribution is -2.21. The minimum atomic E-state index is 0.830. The van der Waals surface area contributed by atoms with E-state index in [1.807, 2.05) is 6.07 Å². The zero-order valence-corrected chi connectivity index (χ0v) is 8.36. The van der Waals surface area contributed by atoms with Crippen LogP contribution in [0.3, 0.4) is 0 Å². The first-order chi connectivity index (χ1) is 6.83. The van der Waals surface area contributed by atoms with Gasteiger partial charge < -0.3 is 4.90 Å². The zero-order valence-electron chi connectivity index (χ0n) is 8.36. The molecule has 0 N–H and O–H groups in total. The van der Waals surface area contributed by atoms with Crippen molar-refractivity contribution in [2.75, 3.05) is 18.0 Å². The molecule has 0 aliphatic heterocycles. The van der Waals surface area contributed by atoms with Gasteiger partial charge in [0.2, 0.25) is 0 Å². The number of nitrogens with zero attached hydrogens (tertiary/aromatic N) is 4. The molecule has 0 fully saturated rings. The van der Waals surface area contributed by atoms with Gasteiger partial charge in [0.15, 0.2) is 0 Å². The Kier molecular flexibility index (Phi) is 2.06. The zero-order chi connectivity index (χ0) is 10.1. The Labute approximate surface area is 82.8 Å². The minimum Gasteiger partial charge on any atom is -0.372 e. The van der Waals surface area contributed by atoms with Crippen molar-refractivity contribution in [2.45, 2.75) is 13.8 Å². The van der Waals surface area contributed by atoms with Gasteiger partial charge in [0.1, 0.15) is 0 Å². The van der Waals surface area contributed by atoms with Crippen LogP contribution in [0.5, 0.6) is 0 Å². The Bertz CT molecular complexity index is 414. The second kappa shape index (κ2) is 3.24. The van der Waals surface area contributed by atoms with Crippen molar-refractivity contribution < 1.29 is 0 Å². The van der Waals surface area contributed by atoms with E-state index in [1.54, 1.807) is 0 Å². The maximum absolute atomic E-state index is 8.33. The van der Waals surface area contributed by atoms with Gasteiger partial charge in [0.25, 0.3) is 0 Å². The Morgan fingerprint density at radius 2 is 2.07 bits per heavy atom. The van der Waals surface area contributed by atoms with Crippen molar-refractivity contribution in [2.24, 2.45) is 5.11 Å². The molecule has 0 bridgehead atoms. The van der Waals surface area contributed by atoms with E-state index in [9.17, 15) is 0 Å². The molecule has 0 spiro atoms. The van der Waals surface area contributed by atoms with Gasteiger partial charge >= 0.3 is 0 Å². The largest absolute Gasteiger partial charge is 0.372 e. The van der Waals surface area contributed by atoms with E-state index < -0.39 is 0 Å². The SMILES string of the molecule is CCN(CC)c1ccc2c(N=[N+]=[N-])c1-2. The molecule has 0 aromatic heterocycles. The number of fused-ring (bicyclic) bond motifs is 1. The number of azide groups is 1. The molecule has 0 heterocycles. The fourth-order valence-corrected chi connectivity index (χ4v) is 1.84. The summed E-state index contributed by atoms with van der Waals surface area (Å²) in [6.07, 6.45) is 0. The topological polar surface area (TPSA) is 52.0 Å². The first kappa shape index (κ1) is 8.91. The van der Waals surface area contributed by atoms with Gasteiger partial charge in [-0.1, -0.05) is 11.2 Å². The normalized spacial score (nSPS) is 10.7. The van der Waals surface area contributed by atoms with Crippen molar-refractivity contribution in [1.29, 1.82) is 0 Å². The number of rotatable bonds is 4. The number of hydrogen-bond acceptors (Lipinski definition) is 2. The summed E-state index contributed by atoms with van der Waals surface area (Å²) in [4.78, 5) is 5.07. The molecule has 0 saturated carbocycles. The summed E-state index contributed by atoms with van der Waals surface area (Å²) in [5.41, 5.74) is 12.6. The highest BCUT2D eigenvalue weighted by molar-refractivity contribution is 6.10. The molecule has 0 amide bonds. The second-order valence-electron chi connectivity index (χ2n) is 3.22. The van der Waals surface area contributed by atoms with Crippen LogP contribution in [0.2, 0.25) is 0 Å². The average Bonchev–Trinajstić information content (AvgIpc) is 2.70. The molecular weight excluding hydrogens is 176 g/mol. The summed E-state index contributed by atoms with van der Waals surface area (Å²) < 4.78 is 0. The van der Waals surface area contributed by atoms with Crippen molar-refractivity contribution in [1.82, 2.24) is 0 Å². The Morgan fingerprint density at radius 3 is 2.64 bits per heavy atom. The summed E-state index contributed by atoms with van der Waals surface area (Å²) in [6.45, 7) is 6.21. The molecule has 0 radical (unpaired) electrons. The highest BCUT2D eigenvalue weighted by Crippen LogP contribution is 2.57. The fourth-order valence-electron chi connectivity index (χ4n) is 1.84. The summed E-state index contributed by atoms with van der Waals surface area (Å²) >= 11 is 0. The summed E-state index contributed by atoms with van der Waals surface area (Å²) in [7, 11) is 0. The van der Waals surface area contributed by atoms with E-state index in [0.29, 0.717) is 0 Å². The van der Waals surface area contributed by atoms with Crippen LogP contribution in [0, 0.1) is 0 Å². The lowest BCUT2D eigenvalue weighted by molar-refractivity contribution is 0.870. The first-order valence-electron chi connectivity index (χ1n) is 4.80. The molecule has 2 rings (SSSR count). The molecule has 4 heteroatoms. The predicted octanol–water partition coefficient (Wildman–Crippen LogP) is 3.46. The maximum Gasteiger partial charge on any atom is 0.0553 e. The number of benzene rings is 1. The van der Waals surface area contributed by atoms with Crippen LogP contribution >= 0.6 is 0 Å². The molecular formula is C10H12N4. The van der Waals surface area contributed by atoms with E-state index in [1.165, 1.54) is 5.69 Å². The van der Waals surface area contributed by atoms with E-state index in [0.717, 1.165) is 29.9 Å². The molecule has 0 aromatic rings. The van der Waals surface area contributed by atoms with Gasteiger partial charge in [-0.2, -0.15) is 0 Å². The number of anilines is 1. The molecule has 2 aliphatic rings. The Morgan fingerprint density at radius 1 is 1.36 bits per heavy atom. The van der Waals surface area contributed by atoms with Crippen LogP contribution in [0.25, 0.3) is 21.6 Å². The summed E-state index contributed by atoms with van der Waals surface area (Å²) in [5.74, 6) is 0. The quantitative estimate of drug-likeness (QED) is 0.412. The Hall–Kier alpha value is -1.67. The van der Waals surface area contributed by atoms with Crippen LogP contribution in [-0.2, 0) is 0 Å². The third-order valence-corrected chi connectivity index (χ3v) is 2.61. The second-order valence-corrected chi connectivity index (χ2v) is 3.22. The molecule has 2 aliphatic carbocycles. The van der Waals surface area contributed by atoms with Gasteiger partial charge in [-0.15, -0.1) is 0 Å². The maximum atomic E-state index is 8.33. The average molecular weight is 188 g/mol. The van der Waals surface area contributed by atoms with E-state index in [4.69, 9.17) is 5.53 Å². The van der Waals surface area contributed by atoms with Gasteiger partial charge in [-0.3, -0.25) is 0 Å². The van der Waals surface area contributed by atoms with Gasteiger partial charge in [-0.25, -0.2) is 0 Å². The summed E-state index contributed by atoms with van der Waals surface area (Å²) in [6, 6.07) is 4.11. The molecule has 4 nitrogen and oxygen atoms in total. The first-order valence-corrected chi connectivity index (χ1v) is 4.80. The Balaban J connectivity index is 2.32. The van der Waals surface area contributed by atoms with E-state index >= 15 is 0 Å². The van der Waals surface area contributed by atoms with Crippen molar-refractivity contribution in [3.63, 3.8) is 0 Å². The predicted molar refractivity (Wildman–Crippen MR) is 57.8 cm³/mol. The highest BCUT2D eigenvalue weighted by atomic mass is 15.2. The lowest BCUT2D eigenvalue weighted by Gasteiger charge is -2.19. The third-order valence-electron chi connectivity index (χ3n) is 2.61. The lowest BCUT2D eigenvalue weighted by atomic mass is 10.3. The molecule has 72 valence electrons. The molecule has 0 atom stereocenters. The van der Waals surface area contributed by atoms with Crippen molar-refractivity contribution in [3.8, 4) is 11.1 Å². The third kappa shape index (κ3) is 1.12. The number of hydrogen-bond donors (Lipinski definition) is 0. The van der Waals surface area contributed by atoms with E-state index in [2.05, 4.69) is 34.8 Å². The van der Waals surface area contributed by atoms with Crippen LogP contribution in [0.15, 0.2) is 17.2 Å². The van der Waals surface area contributed by atoms with Crippen LogP contribution < -0.4 is 4.90 Å². The molecule has 0 unspecified atom stereocenters. The fraction of sp³-hybridized carbons (Fsp3) is 0.400. The molecule has 0 saturated heterocycles. The van der Waals surface area contributed by atoms with Gasteiger partial charge in [0.05, 0.1) is 5.69 Å². The van der Waals surface area contributed by atoms with Crippen LogP contribution in [-0.4, -0.2) is 13.1 Å².